The Morgan fingerprint density at radius 2 is 2.16 bits per heavy atom. The predicted octanol–water partition coefficient (Wildman–Crippen LogP) is -0.322. The summed E-state index contributed by atoms with van der Waals surface area (Å²) in [7, 11) is 1.93. The van der Waals surface area contributed by atoms with Crippen LogP contribution in [0.3, 0.4) is 0 Å². The van der Waals surface area contributed by atoms with Gasteiger partial charge in [0.2, 0.25) is 5.91 Å². The molecule has 19 heavy (non-hydrogen) atoms. The monoisotopic (exact) mass is 263 g/mol. The predicted molar refractivity (Wildman–Crippen MR) is 73.0 cm³/mol. The largest absolute Gasteiger partial charge is 0.365 e. The van der Waals surface area contributed by atoms with Crippen molar-refractivity contribution in [2.24, 2.45) is 13.0 Å². The summed E-state index contributed by atoms with van der Waals surface area (Å²) in [5.41, 5.74) is 1.15. The van der Waals surface area contributed by atoms with Gasteiger partial charge in [0, 0.05) is 46.0 Å². The fourth-order valence-electron chi connectivity index (χ4n) is 2.88. The Hall–Kier alpha value is -1.56. The van der Waals surface area contributed by atoms with Crippen molar-refractivity contribution >= 4 is 11.6 Å². The number of piperazine rings is 1. The minimum absolute atomic E-state index is 0.199. The number of carbonyl (C=O) groups excluding carboxylic acids is 1. The first-order valence-corrected chi connectivity index (χ1v) is 6.97. The summed E-state index contributed by atoms with van der Waals surface area (Å²) >= 11 is 0. The molecule has 0 aliphatic carbocycles. The molecule has 0 radical (unpaired) electrons. The molecule has 6 heteroatoms. The van der Waals surface area contributed by atoms with Crippen molar-refractivity contribution in [3.63, 3.8) is 0 Å². The summed E-state index contributed by atoms with van der Waals surface area (Å²) in [6.45, 7) is 5.28. The van der Waals surface area contributed by atoms with Crippen LogP contribution in [0, 0.1) is 5.92 Å². The van der Waals surface area contributed by atoms with Crippen LogP contribution in [0.15, 0.2) is 12.4 Å². The third-order valence-electron chi connectivity index (χ3n) is 4.06. The van der Waals surface area contributed by atoms with Crippen LogP contribution in [-0.2, 0) is 11.8 Å². The van der Waals surface area contributed by atoms with Gasteiger partial charge in [-0.2, -0.15) is 5.10 Å². The van der Waals surface area contributed by atoms with Crippen molar-refractivity contribution in [2.75, 3.05) is 44.2 Å². The van der Waals surface area contributed by atoms with E-state index in [-0.39, 0.29) is 5.92 Å². The zero-order chi connectivity index (χ0) is 13.2. The number of aromatic nitrogens is 2. The summed E-state index contributed by atoms with van der Waals surface area (Å²) in [6, 6.07) is 0. The van der Waals surface area contributed by atoms with Crippen molar-refractivity contribution < 1.29 is 4.79 Å². The first kappa shape index (κ1) is 12.5. The highest BCUT2D eigenvalue weighted by Crippen LogP contribution is 2.17. The number of carbonyl (C=O) groups is 1. The van der Waals surface area contributed by atoms with Crippen LogP contribution in [0.5, 0.6) is 0 Å². The molecule has 3 heterocycles. The van der Waals surface area contributed by atoms with Gasteiger partial charge in [-0.3, -0.25) is 9.48 Å². The van der Waals surface area contributed by atoms with E-state index in [1.54, 1.807) is 0 Å². The Morgan fingerprint density at radius 1 is 1.37 bits per heavy atom. The van der Waals surface area contributed by atoms with Gasteiger partial charge in [0.25, 0.3) is 0 Å². The highest BCUT2D eigenvalue weighted by atomic mass is 16.2. The van der Waals surface area contributed by atoms with E-state index in [1.807, 2.05) is 29.0 Å². The van der Waals surface area contributed by atoms with Crippen molar-refractivity contribution in [2.45, 2.75) is 6.42 Å². The maximum absolute atomic E-state index is 12.3. The topological polar surface area (TPSA) is 53.4 Å². The molecule has 0 spiro atoms. The molecule has 104 valence electrons. The molecular formula is C13H21N5O. The quantitative estimate of drug-likeness (QED) is 0.794. The molecule has 1 atom stereocenters. The number of anilines is 1. The van der Waals surface area contributed by atoms with Crippen LogP contribution in [0.1, 0.15) is 6.42 Å². The van der Waals surface area contributed by atoms with Crippen molar-refractivity contribution in [1.29, 1.82) is 0 Å². The molecular weight excluding hydrogens is 242 g/mol. The number of nitrogens with zero attached hydrogens (tertiary/aromatic N) is 4. The first-order chi connectivity index (χ1) is 9.24. The van der Waals surface area contributed by atoms with Gasteiger partial charge in [0.05, 0.1) is 17.8 Å². The first-order valence-electron chi connectivity index (χ1n) is 6.97. The lowest BCUT2D eigenvalue weighted by Crippen LogP contribution is -2.50. The molecule has 1 aromatic heterocycles. The number of nitrogens with one attached hydrogen (secondary N) is 1. The smallest absolute Gasteiger partial charge is 0.227 e. The van der Waals surface area contributed by atoms with Crippen LogP contribution in [0.4, 0.5) is 5.69 Å². The van der Waals surface area contributed by atoms with Crippen LogP contribution in [0.25, 0.3) is 0 Å². The second-order valence-electron chi connectivity index (χ2n) is 5.37. The maximum Gasteiger partial charge on any atom is 0.227 e. The van der Waals surface area contributed by atoms with Crippen molar-refractivity contribution in [3.8, 4) is 0 Å². The van der Waals surface area contributed by atoms with E-state index in [4.69, 9.17) is 0 Å². The summed E-state index contributed by atoms with van der Waals surface area (Å²) in [4.78, 5) is 16.6. The lowest BCUT2D eigenvalue weighted by atomic mass is 10.1. The Kier molecular flexibility index (Phi) is 3.42. The summed E-state index contributed by atoms with van der Waals surface area (Å²) in [5, 5.41) is 7.46. The second kappa shape index (κ2) is 5.21. The maximum atomic E-state index is 12.3. The molecule has 0 saturated carbocycles. The van der Waals surface area contributed by atoms with Crippen LogP contribution in [0.2, 0.25) is 0 Å². The van der Waals surface area contributed by atoms with E-state index >= 15 is 0 Å². The van der Waals surface area contributed by atoms with Gasteiger partial charge in [-0.05, 0) is 13.0 Å². The summed E-state index contributed by atoms with van der Waals surface area (Å²) < 4.78 is 1.82. The Labute approximate surface area is 113 Å². The molecule has 2 fully saturated rings. The molecule has 3 rings (SSSR count). The van der Waals surface area contributed by atoms with Crippen LogP contribution < -0.4 is 10.2 Å². The van der Waals surface area contributed by atoms with Crippen LogP contribution in [-0.4, -0.2) is 59.9 Å². The third kappa shape index (κ3) is 2.58. The number of aryl methyl sites for hydroxylation is 1. The second-order valence-corrected chi connectivity index (χ2v) is 5.37. The van der Waals surface area contributed by atoms with Gasteiger partial charge in [0.1, 0.15) is 0 Å². The van der Waals surface area contributed by atoms with Gasteiger partial charge in [0.15, 0.2) is 0 Å². The van der Waals surface area contributed by atoms with Gasteiger partial charge < -0.3 is 15.1 Å². The molecule has 6 nitrogen and oxygen atoms in total. The number of amides is 1. The van der Waals surface area contributed by atoms with Gasteiger partial charge in [-0.25, -0.2) is 0 Å². The van der Waals surface area contributed by atoms with Gasteiger partial charge in [-0.1, -0.05) is 0 Å². The zero-order valence-electron chi connectivity index (χ0n) is 11.4. The Bertz CT molecular complexity index is 444. The van der Waals surface area contributed by atoms with Gasteiger partial charge in [-0.15, -0.1) is 0 Å². The average Bonchev–Trinajstić information content (AvgIpc) is 3.09. The third-order valence-corrected chi connectivity index (χ3v) is 4.06. The standard InChI is InChI=1S/C13H21N5O/c1-16-10-12(9-15-16)17-4-6-18(7-5-17)13(19)11-2-3-14-8-11/h9-11,14H,2-8H2,1H3. The molecule has 2 aliphatic rings. The van der Waals surface area contributed by atoms with Gasteiger partial charge >= 0.3 is 0 Å². The van der Waals surface area contributed by atoms with E-state index in [9.17, 15) is 4.79 Å². The molecule has 1 aromatic rings. The van der Waals surface area contributed by atoms with E-state index in [0.29, 0.717) is 5.91 Å². The van der Waals surface area contributed by atoms with E-state index in [2.05, 4.69) is 15.3 Å². The number of rotatable bonds is 2. The molecule has 2 saturated heterocycles. The fraction of sp³-hybridized carbons (Fsp3) is 0.692. The number of hydrogen-bond donors (Lipinski definition) is 1. The SMILES string of the molecule is Cn1cc(N2CCN(C(=O)C3CCNC3)CC2)cn1. The highest BCUT2D eigenvalue weighted by Gasteiger charge is 2.29. The number of hydrogen-bond acceptors (Lipinski definition) is 4. The molecule has 0 aromatic carbocycles. The minimum atomic E-state index is 0.199. The van der Waals surface area contributed by atoms with Crippen molar-refractivity contribution in [1.82, 2.24) is 20.0 Å². The average molecular weight is 263 g/mol. The zero-order valence-corrected chi connectivity index (χ0v) is 11.4. The highest BCUT2D eigenvalue weighted by molar-refractivity contribution is 5.79. The van der Waals surface area contributed by atoms with E-state index in [0.717, 1.165) is 51.4 Å². The molecule has 0 bridgehead atoms. The Balaban J connectivity index is 1.55. The molecule has 1 unspecified atom stereocenters. The molecule has 1 amide bonds. The van der Waals surface area contributed by atoms with E-state index < -0.39 is 0 Å². The van der Waals surface area contributed by atoms with E-state index in [1.165, 1.54) is 0 Å². The fourth-order valence-corrected chi connectivity index (χ4v) is 2.88. The van der Waals surface area contributed by atoms with Crippen LogP contribution >= 0.6 is 0 Å². The lowest BCUT2D eigenvalue weighted by Gasteiger charge is -2.36. The van der Waals surface area contributed by atoms with Crippen molar-refractivity contribution in [3.05, 3.63) is 12.4 Å². The summed E-state index contributed by atoms with van der Waals surface area (Å²) in [5.74, 6) is 0.528. The Morgan fingerprint density at radius 3 is 2.74 bits per heavy atom. The molecule has 1 N–H and O–H groups in total. The summed E-state index contributed by atoms with van der Waals surface area (Å²) in [6.07, 6.45) is 4.90. The molecule has 2 aliphatic heterocycles. The normalized spacial score (nSPS) is 23.9. The lowest BCUT2D eigenvalue weighted by molar-refractivity contribution is -0.135. The minimum Gasteiger partial charge on any atom is -0.365 e.